The molecule has 1 aromatic heterocycles. The third-order valence-corrected chi connectivity index (χ3v) is 4.71. The lowest BCUT2D eigenvalue weighted by Crippen LogP contribution is -2.36. The summed E-state index contributed by atoms with van der Waals surface area (Å²) in [6.07, 6.45) is 0. The maximum atomic E-state index is 14.5. The Bertz CT molecular complexity index is 838. The summed E-state index contributed by atoms with van der Waals surface area (Å²) in [5, 5.41) is 14.3. The van der Waals surface area contributed by atoms with Gasteiger partial charge in [-0.25, -0.2) is 9.37 Å². The Labute approximate surface area is 163 Å². The molecule has 150 valence electrons. The van der Waals surface area contributed by atoms with E-state index >= 15 is 0 Å². The second kappa shape index (κ2) is 8.83. The van der Waals surface area contributed by atoms with Crippen LogP contribution in [0.4, 0.5) is 33.1 Å². The number of halogens is 1. The van der Waals surface area contributed by atoms with Crippen LogP contribution in [0.2, 0.25) is 0 Å². The van der Waals surface area contributed by atoms with E-state index in [0.29, 0.717) is 56.6 Å². The van der Waals surface area contributed by atoms with Gasteiger partial charge in [0.05, 0.1) is 23.8 Å². The molecule has 1 fully saturated rings. The van der Waals surface area contributed by atoms with Crippen LogP contribution in [0.1, 0.15) is 13.8 Å². The molecular weight excluding hydrogens is 365 g/mol. The summed E-state index contributed by atoms with van der Waals surface area (Å²) >= 11 is 0. The second-order valence-corrected chi connectivity index (χ2v) is 6.36. The molecule has 0 amide bonds. The van der Waals surface area contributed by atoms with E-state index in [9.17, 15) is 14.5 Å². The first kappa shape index (κ1) is 19.8. The van der Waals surface area contributed by atoms with E-state index in [1.54, 1.807) is 18.2 Å². The minimum atomic E-state index is -0.501. The predicted octanol–water partition coefficient (Wildman–Crippen LogP) is 3.56. The summed E-state index contributed by atoms with van der Waals surface area (Å²) < 4.78 is 19.9. The van der Waals surface area contributed by atoms with Crippen LogP contribution in [0.15, 0.2) is 30.3 Å². The van der Waals surface area contributed by atoms with Crippen molar-refractivity contribution in [2.75, 3.05) is 54.5 Å². The summed E-state index contributed by atoms with van der Waals surface area (Å²) in [5.41, 5.74) is 0.744. The van der Waals surface area contributed by atoms with Crippen molar-refractivity contribution in [2.45, 2.75) is 13.8 Å². The first-order valence-corrected chi connectivity index (χ1v) is 9.33. The number of pyridine rings is 1. The lowest BCUT2D eigenvalue weighted by molar-refractivity contribution is -0.384. The van der Waals surface area contributed by atoms with Crippen LogP contribution in [0.25, 0.3) is 0 Å². The predicted molar refractivity (Wildman–Crippen MR) is 107 cm³/mol. The fourth-order valence-corrected chi connectivity index (χ4v) is 3.19. The summed E-state index contributed by atoms with van der Waals surface area (Å²) in [5.74, 6) is 0.321. The van der Waals surface area contributed by atoms with Crippen LogP contribution in [0, 0.1) is 15.9 Å². The average molecular weight is 389 g/mol. The van der Waals surface area contributed by atoms with Gasteiger partial charge in [-0.2, -0.15) is 0 Å². The summed E-state index contributed by atoms with van der Waals surface area (Å²) in [6, 6.07) is 7.74. The lowest BCUT2D eigenvalue weighted by Gasteiger charge is -2.28. The summed E-state index contributed by atoms with van der Waals surface area (Å²) in [7, 11) is 0. The molecular formula is C19H24FN5O3. The number of nitrogens with one attached hydrogen (secondary N) is 1. The highest BCUT2D eigenvalue weighted by Crippen LogP contribution is 2.30. The largest absolute Gasteiger partial charge is 0.378 e. The van der Waals surface area contributed by atoms with Crippen molar-refractivity contribution >= 4 is 28.7 Å². The number of aromatic nitrogens is 1. The fraction of sp³-hybridized carbons (Fsp3) is 0.421. The molecule has 1 saturated heterocycles. The molecule has 28 heavy (non-hydrogen) atoms. The number of nitro groups is 1. The highest BCUT2D eigenvalue weighted by atomic mass is 19.1. The molecule has 0 unspecified atom stereocenters. The highest BCUT2D eigenvalue weighted by molar-refractivity contribution is 5.69. The number of benzene rings is 1. The Balaban J connectivity index is 1.89. The molecule has 0 spiro atoms. The SMILES string of the molecule is CCN(CC)c1ccc(Nc2nc(N3CCOCC3)ccc2[N+](=O)[O-])cc1F. The van der Waals surface area contributed by atoms with Crippen LogP contribution in [0.3, 0.4) is 0 Å². The van der Waals surface area contributed by atoms with Crippen molar-refractivity contribution in [3.8, 4) is 0 Å². The highest BCUT2D eigenvalue weighted by Gasteiger charge is 2.20. The maximum absolute atomic E-state index is 14.5. The van der Waals surface area contributed by atoms with Gasteiger partial charge in [-0.15, -0.1) is 0 Å². The molecule has 2 heterocycles. The first-order valence-electron chi connectivity index (χ1n) is 9.33. The third kappa shape index (κ3) is 4.30. The molecule has 0 bridgehead atoms. The van der Waals surface area contributed by atoms with Gasteiger partial charge in [0.25, 0.3) is 0 Å². The molecule has 1 aliphatic heterocycles. The van der Waals surface area contributed by atoms with Gasteiger partial charge in [0.1, 0.15) is 11.6 Å². The van der Waals surface area contributed by atoms with E-state index in [1.807, 2.05) is 23.6 Å². The van der Waals surface area contributed by atoms with E-state index in [4.69, 9.17) is 4.74 Å². The standard InChI is InChI=1S/C19H24FN5O3/c1-3-23(4-2)16-6-5-14(13-15(16)20)21-19-17(25(26)27)7-8-18(22-19)24-9-11-28-12-10-24/h5-8,13H,3-4,9-12H2,1-2H3,(H,21,22). The van der Waals surface area contributed by atoms with Crippen molar-refractivity contribution in [3.63, 3.8) is 0 Å². The molecule has 3 rings (SSSR count). The van der Waals surface area contributed by atoms with E-state index in [-0.39, 0.29) is 17.3 Å². The zero-order valence-corrected chi connectivity index (χ0v) is 16.0. The minimum absolute atomic E-state index is 0.0870. The first-order chi connectivity index (χ1) is 13.5. The Kier molecular flexibility index (Phi) is 6.25. The Morgan fingerprint density at radius 2 is 1.96 bits per heavy atom. The number of nitrogens with zero attached hydrogens (tertiary/aromatic N) is 4. The quantitative estimate of drug-likeness (QED) is 0.573. The van der Waals surface area contributed by atoms with E-state index in [2.05, 4.69) is 10.3 Å². The molecule has 2 aromatic rings. The summed E-state index contributed by atoms with van der Waals surface area (Å²) in [4.78, 5) is 19.2. The van der Waals surface area contributed by atoms with Gasteiger partial charge in [-0.3, -0.25) is 10.1 Å². The number of hydrogen-bond acceptors (Lipinski definition) is 7. The van der Waals surface area contributed by atoms with Gasteiger partial charge in [0.2, 0.25) is 5.82 Å². The maximum Gasteiger partial charge on any atom is 0.311 e. The fourth-order valence-electron chi connectivity index (χ4n) is 3.19. The van der Waals surface area contributed by atoms with Crippen LogP contribution >= 0.6 is 0 Å². The molecule has 9 heteroatoms. The number of hydrogen-bond donors (Lipinski definition) is 1. The molecule has 1 aromatic carbocycles. The Morgan fingerprint density at radius 1 is 1.25 bits per heavy atom. The monoisotopic (exact) mass is 389 g/mol. The van der Waals surface area contributed by atoms with E-state index in [0.717, 1.165) is 0 Å². The van der Waals surface area contributed by atoms with Crippen molar-refractivity contribution < 1.29 is 14.1 Å². The molecule has 1 N–H and O–H groups in total. The normalized spacial score (nSPS) is 14.0. The van der Waals surface area contributed by atoms with Crippen LogP contribution in [-0.4, -0.2) is 49.3 Å². The summed E-state index contributed by atoms with van der Waals surface area (Å²) in [6.45, 7) is 7.79. The molecule has 0 radical (unpaired) electrons. The zero-order chi connectivity index (χ0) is 20.1. The number of rotatable bonds is 7. The lowest BCUT2D eigenvalue weighted by atomic mass is 10.2. The Hall–Kier alpha value is -2.94. The zero-order valence-electron chi connectivity index (χ0n) is 16.0. The smallest absolute Gasteiger partial charge is 0.311 e. The molecule has 1 aliphatic rings. The van der Waals surface area contributed by atoms with E-state index < -0.39 is 4.92 Å². The second-order valence-electron chi connectivity index (χ2n) is 6.36. The van der Waals surface area contributed by atoms with Crippen molar-refractivity contribution in [2.24, 2.45) is 0 Å². The minimum Gasteiger partial charge on any atom is -0.378 e. The van der Waals surface area contributed by atoms with Crippen LogP contribution in [0.5, 0.6) is 0 Å². The van der Waals surface area contributed by atoms with Gasteiger partial charge < -0.3 is 19.9 Å². The third-order valence-electron chi connectivity index (χ3n) is 4.71. The van der Waals surface area contributed by atoms with Crippen molar-refractivity contribution in [3.05, 3.63) is 46.3 Å². The average Bonchev–Trinajstić information content (AvgIpc) is 2.71. The van der Waals surface area contributed by atoms with Crippen LogP contribution < -0.4 is 15.1 Å². The van der Waals surface area contributed by atoms with Gasteiger partial charge >= 0.3 is 5.69 Å². The molecule has 0 atom stereocenters. The van der Waals surface area contributed by atoms with Gasteiger partial charge in [0.15, 0.2) is 0 Å². The number of anilines is 4. The van der Waals surface area contributed by atoms with Gasteiger partial charge in [-0.1, -0.05) is 0 Å². The van der Waals surface area contributed by atoms with E-state index in [1.165, 1.54) is 12.1 Å². The topological polar surface area (TPSA) is 83.8 Å². The number of ether oxygens (including phenoxy) is 1. The molecule has 8 nitrogen and oxygen atoms in total. The van der Waals surface area contributed by atoms with Crippen molar-refractivity contribution in [1.29, 1.82) is 0 Å². The number of morpholine rings is 1. The van der Waals surface area contributed by atoms with Crippen LogP contribution in [-0.2, 0) is 4.74 Å². The molecule has 0 saturated carbocycles. The van der Waals surface area contributed by atoms with Gasteiger partial charge in [-0.05, 0) is 38.1 Å². The molecule has 0 aliphatic carbocycles. The Morgan fingerprint density at radius 3 is 2.57 bits per heavy atom. The van der Waals surface area contributed by atoms with Crippen molar-refractivity contribution in [1.82, 2.24) is 4.98 Å². The van der Waals surface area contributed by atoms with Gasteiger partial charge in [0, 0.05) is 37.9 Å².